The molecule has 0 atom stereocenters. The summed E-state index contributed by atoms with van der Waals surface area (Å²) < 4.78 is 1.28. The van der Waals surface area contributed by atoms with Crippen LogP contribution in [0.1, 0.15) is 10.4 Å². The van der Waals surface area contributed by atoms with E-state index in [0.717, 1.165) is 19.6 Å². The molecule has 1 aliphatic heterocycles. The van der Waals surface area contributed by atoms with E-state index in [1.807, 2.05) is 11.3 Å². The molecule has 0 amide bonds. The third-order valence-corrected chi connectivity index (χ3v) is 4.62. The van der Waals surface area contributed by atoms with Gasteiger partial charge in [0.15, 0.2) is 0 Å². The Morgan fingerprint density at radius 3 is 2.79 bits per heavy atom. The van der Waals surface area contributed by atoms with Crippen LogP contribution in [0, 0.1) is 6.92 Å². The third kappa shape index (κ3) is 2.57. The van der Waals surface area contributed by atoms with E-state index in [0.29, 0.717) is 0 Å². The lowest BCUT2D eigenvalue weighted by molar-refractivity contribution is 0.235. The van der Waals surface area contributed by atoms with Crippen LogP contribution in [0.25, 0.3) is 0 Å². The Morgan fingerprint density at radius 1 is 1.50 bits per heavy atom. The van der Waals surface area contributed by atoms with E-state index in [2.05, 4.69) is 39.1 Å². The van der Waals surface area contributed by atoms with Crippen molar-refractivity contribution in [3.8, 4) is 0 Å². The highest BCUT2D eigenvalue weighted by Crippen LogP contribution is 2.28. The molecular weight excluding hydrogens is 260 g/mol. The molecule has 4 heteroatoms. The second-order valence-electron chi connectivity index (χ2n) is 3.70. The summed E-state index contributed by atoms with van der Waals surface area (Å²) in [6.07, 6.45) is 0. The number of thiophene rings is 1. The number of nitrogens with one attached hydrogen (secondary N) is 1. The smallest absolute Gasteiger partial charge is 0.0730 e. The van der Waals surface area contributed by atoms with Crippen LogP contribution in [0.15, 0.2) is 9.85 Å². The summed E-state index contributed by atoms with van der Waals surface area (Å²) in [6.45, 7) is 7.88. The van der Waals surface area contributed by atoms with E-state index in [1.165, 1.54) is 27.3 Å². The first-order valence-corrected chi connectivity index (χ1v) is 6.54. The lowest BCUT2D eigenvalue weighted by Gasteiger charge is -2.26. The van der Waals surface area contributed by atoms with Gasteiger partial charge in [-0.05, 0) is 34.5 Å². The second-order valence-corrected chi connectivity index (χ2v) is 6.15. The van der Waals surface area contributed by atoms with Gasteiger partial charge in [-0.3, -0.25) is 4.90 Å². The molecular formula is C10H15BrN2S. The van der Waals surface area contributed by atoms with E-state index in [1.54, 1.807) is 0 Å². The molecule has 1 aliphatic rings. The number of rotatable bonds is 2. The molecule has 1 aromatic rings. The second kappa shape index (κ2) is 4.75. The predicted molar refractivity (Wildman–Crippen MR) is 64.9 cm³/mol. The van der Waals surface area contributed by atoms with Crippen molar-refractivity contribution >= 4 is 27.3 Å². The number of nitrogens with zero attached hydrogens (tertiary/aromatic N) is 1. The van der Waals surface area contributed by atoms with Gasteiger partial charge in [-0.2, -0.15) is 0 Å². The van der Waals surface area contributed by atoms with Crippen LogP contribution in [0.3, 0.4) is 0 Å². The molecule has 78 valence electrons. The Hall–Kier alpha value is 0.100. The Labute approximate surface area is 97.4 Å². The van der Waals surface area contributed by atoms with Gasteiger partial charge in [0.2, 0.25) is 0 Å². The van der Waals surface area contributed by atoms with Gasteiger partial charge in [0.25, 0.3) is 0 Å². The minimum Gasteiger partial charge on any atom is -0.314 e. The molecule has 2 heterocycles. The van der Waals surface area contributed by atoms with Crippen molar-refractivity contribution in [1.29, 1.82) is 0 Å². The van der Waals surface area contributed by atoms with Gasteiger partial charge in [-0.1, -0.05) is 0 Å². The monoisotopic (exact) mass is 274 g/mol. The third-order valence-electron chi connectivity index (χ3n) is 2.50. The Bertz CT molecular complexity index is 286. The number of aryl methyl sites for hydroxylation is 1. The first kappa shape index (κ1) is 10.6. The quantitative estimate of drug-likeness (QED) is 0.890. The fraction of sp³-hybridized carbons (Fsp3) is 0.600. The van der Waals surface area contributed by atoms with Crippen LogP contribution >= 0.6 is 27.3 Å². The lowest BCUT2D eigenvalue weighted by Crippen LogP contribution is -2.42. The molecule has 0 spiro atoms. The summed E-state index contributed by atoms with van der Waals surface area (Å²) in [5, 5.41) is 3.37. The summed E-state index contributed by atoms with van der Waals surface area (Å²) in [4.78, 5) is 3.98. The van der Waals surface area contributed by atoms with Crippen molar-refractivity contribution in [1.82, 2.24) is 10.2 Å². The van der Waals surface area contributed by atoms with Crippen molar-refractivity contribution in [3.63, 3.8) is 0 Å². The molecule has 1 N–H and O–H groups in total. The van der Waals surface area contributed by atoms with Gasteiger partial charge in [0, 0.05) is 37.6 Å². The largest absolute Gasteiger partial charge is 0.314 e. The fourth-order valence-electron chi connectivity index (χ4n) is 1.69. The minimum absolute atomic E-state index is 1.11. The number of halogens is 1. The van der Waals surface area contributed by atoms with E-state index in [9.17, 15) is 0 Å². The van der Waals surface area contributed by atoms with Crippen molar-refractivity contribution < 1.29 is 0 Å². The molecule has 0 bridgehead atoms. The van der Waals surface area contributed by atoms with Crippen LogP contribution < -0.4 is 5.32 Å². The maximum atomic E-state index is 3.57. The molecule has 2 nitrogen and oxygen atoms in total. The van der Waals surface area contributed by atoms with E-state index in [-0.39, 0.29) is 0 Å². The standard InChI is InChI=1S/C10H15BrN2S/c1-8-6-9(14-10(8)11)7-13-4-2-12-3-5-13/h6,12H,2-5,7H2,1H3. The number of hydrogen-bond acceptors (Lipinski definition) is 3. The Balaban J connectivity index is 1.95. The van der Waals surface area contributed by atoms with Gasteiger partial charge in [0.05, 0.1) is 3.79 Å². The molecule has 0 radical (unpaired) electrons. The molecule has 0 saturated carbocycles. The van der Waals surface area contributed by atoms with Gasteiger partial charge < -0.3 is 5.32 Å². The normalized spacial score (nSPS) is 18.7. The molecule has 2 rings (SSSR count). The lowest BCUT2D eigenvalue weighted by atomic mass is 10.3. The van der Waals surface area contributed by atoms with Crippen molar-refractivity contribution in [2.24, 2.45) is 0 Å². The summed E-state index contributed by atoms with van der Waals surface area (Å²) in [5.74, 6) is 0. The van der Waals surface area contributed by atoms with E-state index < -0.39 is 0 Å². The molecule has 0 aromatic carbocycles. The van der Waals surface area contributed by atoms with Crippen LogP contribution in [0.2, 0.25) is 0 Å². The van der Waals surface area contributed by atoms with Crippen molar-refractivity contribution in [2.45, 2.75) is 13.5 Å². The number of piperazine rings is 1. The highest BCUT2D eigenvalue weighted by atomic mass is 79.9. The average Bonchev–Trinajstić information content (AvgIpc) is 2.47. The predicted octanol–water partition coefficient (Wildman–Crippen LogP) is 2.22. The van der Waals surface area contributed by atoms with Gasteiger partial charge in [-0.15, -0.1) is 11.3 Å². The zero-order valence-electron chi connectivity index (χ0n) is 8.35. The maximum absolute atomic E-state index is 3.57. The topological polar surface area (TPSA) is 15.3 Å². The Kier molecular flexibility index (Phi) is 3.60. The zero-order valence-corrected chi connectivity index (χ0v) is 10.7. The highest BCUT2D eigenvalue weighted by Gasteiger charge is 2.11. The van der Waals surface area contributed by atoms with Gasteiger partial charge >= 0.3 is 0 Å². The molecule has 1 saturated heterocycles. The van der Waals surface area contributed by atoms with Gasteiger partial charge in [0.1, 0.15) is 0 Å². The first-order valence-electron chi connectivity index (χ1n) is 4.93. The molecule has 1 fully saturated rings. The van der Waals surface area contributed by atoms with Crippen LogP contribution in [-0.2, 0) is 6.54 Å². The summed E-state index contributed by atoms with van der Waals surface area (Å²) in [7, 11) is 0. The van der Waals surface area contributed by atoms with Crippen LogP contribution in [0.5, 0.6) is 0 Å². The zero-order chi connectivity index (χ0) is 9.97. The molecule has 14 heavy (non-hydrogen) atoms. The van der Waals surface area contributed by atoms with Crippen LogP contribution in [0.4, 0.5) is 0 Å². The van der Waals surface area contributed by atoms with Crippen molar-refractivity contribution in [2.75, 3.05) is 26.2 Å². The van der Waals surface area contributed by atoms with Gasteiger partial charge in [-0.25, -0.2) is 0 Å². The van der Waals surface area contributed by atoms with Crippen molar-refractivity contribution in [3.05, 3.63) is 20.3 Å². The average molecular weight is 275 g/mol. The van der Waals surface area contributed by atoms with Crippen LogP contribution in [-0.4, -0.2) is 31.1 Å². The SMILES string of the molecule is Cc1cc(CN2CCNCC2)sc1Br. The van der Waals surface area contributed by atoms with E-state index >= 15 is 0 Å². The number of hydrogen-bond donors (Lipinski definition) is 1. The summed E-state index contributed by atoms with van der Waals surface area (Å²) >= 11 is 5.43. The molecule has 0 unspecified atom stereocenters. The Morgan fingerprint density at radius 2 is 2.21 bits per heavy atom. The first-order chi connectivity index (χ1) is 6.75. The summed E-state index contributed by atoms with van der Waals surface area (Å²) in [6, 6.07) is 2.29. The minimum atomic E-state index is 1.11. The molecule has 0 aliphatic carbocycles. The maximum Gasteiger partial charge on any atom is 0.0730 e. The molecule has 1 aromatic heterocycles. The summed E-state index contributed by atoms with van der Waals surface area (Å²) in [5.41, 5.74) is 1.36. The van der Waals surface area contributed by atoms with E-state index in [4.69, 9.17) is 0 Å². The fourth-order valence-corrected chi connectivity index (χ4v) is 3.36. The highest BCUT2D eigenvalue weighted by molar-refractivity contribution is 9.11.